The second-order valence-electron chi connectivity index (χ2n) is 10.8. The molecule has 0 aromatic rings. The maximum Gasteiger partial charge on any atom is 0.331 e. The van der Waals surface area contributed by atoms with Crippen LogP contribution in [-0.2, 0) is 33.3 Å². The number of esters is 3. The monoisotopic (exact) mass is 542 g/mol. The van der Waals surface area contributed by atoms with Gasteiger partial charge in [0.05, 0.1) is 12.2 Å². The van der Waals surface area contributed by atoms with Crippen molar-refractivity contribution in [2.45, 2.75) is 105 Å². The molecule has 1 fully saturated rings. The van der Waals surface area contributed by atoms with E-state index in [1.807, 2.05) is 45.1 Å². The quantitative estimate of drug-likeness (QED) is 0.107. The van der Waals surface area contributed by atoms with Crippen LogP contribution in [0.15, 0.2) is 60.3 Å². The largest absolute Gasteiger partial charge is 0.462 e. The Balaban J connectivity index is 2.04. The third kappa shape index (κ3) is 11.0. The van der Waals surface area contributed by atoms with Crippen molar-refractivity contribution in [2.75, 3.05) is 0 Å². The third-order valence-corrected chi connectivity index (χ3v) is 7.19. The van der Waals surface area contributed by atoms with E-state index in [0.29, 0.717) is 12.8 Å². The van der Waals surface area contributed by atoms with Crippen molar-refractivity contribution in [3.8, 4) is 0 Å². The highest BCUT2D eigenvalue weighted by molar-refractivity contribution is 5.82. The van der Waals surface area contributed by atoms with Crippen molar-refractivity contribution in [3.05, 3.63) is 60.3 Å². The van der Waals surface area contributed by atoms with Gasteiger partial charge in [-0.05, 0) is 55.7 Å². The Kier molecular flexibility index (Phi) is 12.9. The van der Waals surface area contributed by atoms with Crippen molar-refractivity contribution in [1.29, 1.82) is 0 Å². The molecule has 8 unspecified atom stereocenters. The van der Waals surface area contributed by atoms with Gasteiger partial charge in [0, 0.05) is 31.8 Å². The van der Waals surface area contributed by atoms with Crippen LogP contribution in [-0.4, -0.2) is 48.4 Å². The Hall–Kier alpha value is -2.93. The molecule has 0 radical (unpaired) electrons. The molecular weight excluding hydrogens is 496 g/mol. The summed E-state index contributed by atoms with van der Waals surface area (Å²) < 4.78 is 22.6. The smallest absolute Gasteiger partial charge is 0.331 e. The number of rotatable bonds is 10. The summed E-state index contributed by atoms with van der Waals surface area (Å²) in [6.07, 6.45) is 15.0. The molecule has 7 nitrogen and oxygen atoms in total. The highest BCUT2D eigenvalue weighted by Crippen LogP contribution is 2.37. The molecule has 2 heterocycles. The van der Waals surface area contributed by atoms with Gasteiger partial charge in [0.25, 0.3) is 0 Å². The molecule has 2 aliphatic heterocycles. The summed E-state index contributed by atoms with van der Waals surface area (Å²) in [6.45, 7) is 17.0. The van der Waals surface area contributed by atoms with Crippen LogP contribution < -0.4 is 0 Å². The summed E-state index contributed by atoms with van der Waals surface area (Å²) in [4.78, 5) is 35.4. The summed E-state index contributed by atoms with van der Waals surface area (Å²) in [5.41, 5.74) is 1.68. The number of ether oxygens (including phenoxy) is 4. The summed E-state index contributed by atoms with van der Waals surface area (Å²) in [7, 11) is 0. The second-order valence-corrected chi connectivity index (χ2v) is 10.8. The zero-order valence-electron chi connectivity index (χ0n) is 24.6. The number of cyclic esters (lactones) is 1. The number of carbonyl (C=O) groups excluding carboxylic acids is 3. The highest BCUT2D eigenvalue weighted by atomic mass is 16.6. The summed E-state index contributed by atoms with van der Waals surface area (Å²) >= 11 is 0. The molecule has 39 heavy (non-hydrogen) atoms. The minimum absolute atomic E-state index is 0.102. The van der Waals surface area contributed by atoms with Gasteiger partial charge in [-0.15, -0.1) is 0 Å². The van der Waals surface area contributed by atoms with Crippen molar-refractivity contribution >= 4 is 17.9 Å². The zero-order chi connectivity index (χ0) is 29.1. The Morgan fingerprint density at radius 3 is 2.54 bits per heavy atom. The Bertz CT molecular complexity index is 988. The number of hydrogen-bond acceptors (Lipinski definition) is 7. The van der Waals surface area contributed by atoms with Crippen LogP contribution in [0.1, 0.15) is 74.1 Å². The van der Waals surface area contributed by atoms with Crippen molar-refractivity contribution in [2.24, 2.45) is 17.8 Å². The first-order chi connectivity index (χ1) is 18.4. The van der Waals surface area contributed by atoms with Crippen LogP contribution in [0.3, 0.4) is 0 Å². The average Bonchev–Trinajstić information content (AvgIpc) is 3.63. The predicted octanol–water partition coefficient (Wildman–Crippen LogP) is 6.20. The fourth-order valence-electron chi connectivity index (χ4n) is 4.92. The first-order valence-corrected chi connectivity index (χ1v) is 14.0. The van der Waals surface area contributed by atoms with Crippen LogP contribution in [0, 0.1) is 17.8 Å². The number of epoxide rings is 1. The number of carbonyl (C=O) groups is 3. The molecule has 0 aliphatic carbocycles. The predicted molar refractivity (Wildman–Crippen MR) is 152 cm³/mol. The van der Waals surface area contributed by atoms with E-state index < -0.39 is 18.2 Å². The molecule has 0 aromatic heterocycles. The van der Waals surface area contributed by atoms with Gasteiger partial charge in [0.1, 0.15) is 18.3 Å². The van der Waals surface area contributed by atoms with Crippen LogP contribution >= 0.6 is 0 Å². The van der Waals surface area contributed by atoms with Gasteiger partial charge in [-0.2, -0.15) is 0 Å². The van der Waals surface area contributed by atoms with Gasteiger partial charge >= 0.3 is 17.9 Å². The standard InChI is InChI=1S/C32H46O7/c1-9-27(36-25(7)33)24(6)32-29(38-32)19-20(2)13-12-15-22(4)31-23(5)17-18-28(37-26(8)34)21(3)14-10-11-16-30(35)39-31/h11-13,15-18,20,23-24,27-29,31-32H,3,9-10,14,19H2,1-2,4-8H3/b13-12+,16-11-,18-17+,22-15+. The Morgan fingerprint density at radius 1 is 1.18 bits per heavy atom. The van der Waals surface area contributed by atoms with Gasteiger partial charge < -0.3 is 18.9 Å². The number of allylic oxidation sites excluding steroid dienone is 4. The molecule has 8 atom stereocenters. The normalized spacial score (nSPS) is 30.2. The lowest BCUT2D eigenvalue weighted by molar-refractivity contribution is -0.149. The molecule has 2 rings (SSSR count). The third-order valence-electron chi connectivity index (χ3n) is 7.19. The molecule has 7 heteroatoms. The van der Waals surface area contributed by atoms with E-state index in [9.17, 15) is 14.4 Å². The van der Waals surface area contributed by atoms with Gasteiger partial charge in [-0.1, -0.05) is 64.7 Å². The Morgan fingerprint density at radius 2 is 1.90 bits per heavy atom. The molecule has 216 valence electrons. The van der Waals surface area contributed by atoms with Crippen molar-refractivity contribution in [1.82, 2.24) is 0 Å². The van der Waals surface area contributed by atoms with Gasteiger partial charge in [0.15, 0.2) is 0 Å². The first-order valence-electron chi connectivity index (χ1n) is 14.0. The van der Waals surface area contributed by atoms with E-state index in [1.165, 1.54) is 19.9 Å². The summed E-state index contributed by atoms with van der Waals surface area (Å²) in [5, 5.41) is 0. The van der Waals surface area contributed by atoms with E-state index >= 15 is 0 Å². The molecule has 2 aliphatic rings. The van der Waals surface area contributed by atoms with E-state index in [0.717, 1.165) is 24.0 Å². The molecule has 0 aromatic carbocycles. The van der Waals surface area contributed by atoms with Crippen LogP contribution in [0.25, 0.3) is 0 Å². The van der Waals surface area contributed by atoms with E-state index in [-0.39, 0.29) is 48.0 Å². The maximum absolute atomic E-state index is 12.5. The van der Waals surface area contributed by atoms with Crippen LogP contribution in [0.5, 0.6) is 0 Å². The topological polar surface area (TPSA) is 91.4 Å². The molecule has 0 spiro atoms. The lowest BCUT2D eigenvalue weighted by atomic mass is 9.93. The molecule has 1 saturated heterocycles. The fraction of sp³-hybridized carbons (Fsp3) is 0.594. The van der Waals surface area contributed by atoms with Crippen molar-refractivity contribution in [3.63, 3.8) is 0 Å². The molecule has 0 saturated carbocycles. The Labute approximate surface area is 234 Å². The number of hydrogen-bond donors (Lipinski definition) is 0. The zero-order valence-corrected chi connectivity index (χ0v) is 24.6. The highest BCUT2D eigenvalue weighted by Gasteiger charge is 2.46. The average molecular weight is 543 g/mol. The van der Waals surface area contributed by atoms with E-state index in [2.05, 4.69) is 26.5 Å². The molecule has 0 bridgehead atoms. The van der Waals surface area contributed by atoms with Crippen molar-refractivity contribution < 1.29 is 33.3 Å². The van der Waals surface area contributed by atoms with Gasteiger partial charge in [-0.3, -0.25) is 9.59 Å². The lowest BCUT2D eigenvalue weighted by Crippen LogP contribution is -2.28. The summed E-state index contributed by atoms with van der Waals surface area (Å²) in [6, 6.07) is 0. The van der Waals surface area contributed by atoms with E-state index in [1.54, 1.807) is 6.08 Å². The maximum atomic E-state index is 12.5. The van der Waals surface area contributed by atoms with E-state index in [4.69, 9.17) is 18.9 Å². The minimum atomic E-state index is -0.517. The second kappa shape index (κ2) is 15.6. The molecule has 0 N–H and O–H groups in total. The van der Waals surface area contributed by atoms with Gasteiger partial charge in [0.2, 0.25) is 0 Å². The van der Waals surface area contributed by atoms with Crippen LogP contribution in [0.2, 0.25) is 0 Å². The van der Waals surface area contributed by atoms with Crippen LogP contribution in [0.4, 0.5) is 0 Å². The molecule has 0 amide bonds. The SMILES string of the molecule is C=C1CC/C=C\C(=O)OC(/C(C)=C/C=C/C(C)CC2OC2C(C)C(CC)OC(C)=O)C(C)/C=C/C1OC(C)=O. The first kappa shape index (κ1) is 32.3. The minimum Gasteiger partial charge on any atom is -0.462 e. The lowest BCUT2D eigenvalue weighted by Gasteiger charge is -2.24. The molecular formula is C32H46O7. The summed E-state index contributed by atoms with van der Waals surface area (Å²) in [5.74, 6) is -0.740. The van der Waals surface area contributed by atoms with Gasteiger partial charge in [-0.25, -0.2) is 4.79 Å². The fourth-order valence-corrected chi connectivity index (χ4v) is 4.92.